The molecule has 0 saturated heterocycles. The Morgan fingerprint density at radius 3 is 2.93 bits per heavy atom. The zero-order valence-corrected chi connectivity index (χ0v) is 8.14. The minimum Gasteiger partial charge on any atom is -0.309 e. The second-order valence-electron chi connectivity index (χ2n) is 3.97. The highest BCUT2D eigenvalue weighted by Crippen LogP contribution is 2.21. The minimum absolute atomic E-state index is 1.29. The van der Waals surface area contributed by atoms with Gasteiger partial charge in [0.05, 0.1) is 10.9 Å². The van der Waals surface area contributed by atoms with Crippen molar-refractivity contribution in [3.8, 4) is 0 Å². The van der Waals surface area contributed by atoms with Crippen LogP contribution >= 0.6 is 0 Å². The van der Waals surface area contributed by atoms with Crippen LogP contribution in [-0.4, -0.2) is 4.40 Å². The summed E-state index contributed by atoms with van der Waals surface area (Å²) >= 11 is 0. The zero-order chi connectivity index (χ0) is 9.83. The molecule has 1 aliphatic carbocycles. The van der Waals surface area contributed by atoms with Gasteiger partial charge in [0.25, 0.3) is 0 Å². The van der Waals surface area contributed by atoms with Crippen molar-refractivity contribution in [2.45, 2.75) is 0 Å². The van der Waals surface area contributed by atoms with Crippen LogP contribution in [0.4, 0.5) is 0 Å². The van der Waals surface area contributed by atoms with Crippen molar-refractivity contribution in [1.82, 2.24) is 4.40 Å². The lowest BCUT2D eigenvalue weighted by molar-refractivity contribution is 1.23. The van der Waals surface area contributed by atoms with E-state index in [0.29, 0.717) is 0 Å². The highest BCUT2D eigenvalue weighted by molar-refractivity contribution is 5.89. The molecule has 0 N–H and O–H groups in total. The number of para-hydroxylation sites is 1. The summed E-state index contributed by atoms with van der Waals surface area (Å²) in [6.07, 6.45) is 6.45. The van der Waals surface area contributed by atoms with E-state index in [-0.39, 0.29) is 0 Å². The van der Waals surface area contributed by atoms with Crippen LogP contribution < -0.4 is 5.35 Å². The van der Waals surface area contributed by atoms with E-state index in [4.69, 9.17) is 0 Å². The standard InChI is InChI=1S/C14H9N/c1-2-6-13-10(4-1)8-12-9-11-5-3-7-14(11)15(12)13/h1-9H. The Morgan fingerprint density at radius 2 is 1.93 bits per heavy atom. The van der Waals surface area contributed by atoms with Crippen LogP contribution in [0.25, 0.3) is 28.6 Å². The van der Waals surface area contributed by atoms with Crippen LogP contribution in [0.2, 0.25) is 0 Å². The Labute approximate surface area is 86.9 Å². The van der Waals surface area contributed by atoms with Crippen molar-refractivity contribution in [2.24, 2.45) is 0 Å². The van der Waals surface area contributed by atoms with E-state index in [2.05, 4.69) is 59.0 Å². The van der Waals surface area contributed by atoms with Gasteiger partial charge in [0.2, 0.25) is 0 Å². The first-order valence-electron chi connectivity index (χ1n) is 5.15. The highest BCUT2D eigenvalue weighted by atomic mass is 14.9. The Hall–Kier alpha value is -2.02. The normalized spacial score (nSPS) is 13.6. The molecule has 1 nitrogen and oxygen atoms in total. The van der Waals surface area contributed by atoms with Gasteiger partial charge in [-0.2, -0.15) is 0 Å². The van der Waals surface area contributed by atoms with Gasteiger partial charge in [0.15, 0.2) is 0 Å². The van der Waals surface area contributed by atoms with E-state index < -0.39 is 0 Å². The molecule has 0 radical (unpaired) electrons. The molecular weight excluding hydrogens is 182 g/mol. The summed E-state index contributed by atoms with van der Waals surface area (Å²) in [5.41, 5.74) is 3.92. The van der Waals surface area contributed by atoms with Crippen molar-refractivity contribution >= 4 is 28.6 Å². The summed E-state index contributed by atoms with van der Waals surface area (Å²) in [5, 5.41) is 2.63. The predicted octanol–water partition coefficient (Wildman–Crippen LogP) is 2.62. The minimum atomic E-state index is 1.29. The molecule has 0 bridgehead atoms. The summed E-state index contributed by atoms with van der Waals surface area (Å²) in [6, 6.07) is 13.0. The predicted molar refractivity (Wildman–Crippen MR) is 63.6 cm³/mol. The molecule has 0 amide bonds. The van der Waals surface area contributed by atoms with Gasteiger partial charge in [0.1, 0.15) is 0 Å². The van der Waals surface area contributed by atoms with Gasteiger partial charge in [-0.1, -0.05) is 30.4 Å². The molecule has 3 aromatic rings. The lowest BCUT2D eigenvalue weighted by atomic mass is 10.2. The second-order valence-corrected chi connectivity index (χ2v) is 3.97. The summed E-state index contributed by atoms with van der Waals surface area (Å²) in [7, 11) is 0. The Kier molecular flexibility index (Phi) is 1.13. The van der Waals surface area contributed by atoms with Crippen molar-refractivity contribution in [3.63, 3.8) is 0 Å². The van der Waals surface area contributed by atoms with Gasteiger partial charge >= 0.3 is 0 Å². The smallest absolute Gasteiger partial charge is 0.0535 e. The van der Waals surface area contributed by atoms with Gasteiger partial charge < -0.3 is 4.40 Å². The van der Waals surface area contributed by atoms with Crippen molar-refractivity contribution in [3.05, 3.63) is 53.4 Å². The largest absolute Gasteiger partial charge is 0.309 e. The number of fused-ring (bicyclic) bond motifs is 5. The number of nitrogens with zero attached hydrogens (tertiary/aromatic N) is 1. The molecule has 1 aromatic carbocycles. The number of rotatable bonds is 0. The molecule has 4 rings (SSSR count). The van der Waals surface area contributed by atoms with Crippen molar-refractivity contribution < 1.29 is 0 Å². The van der Waals surface area contributed by atoms with Gasteiger partial charge in [0, 0.05) is 16.5 Å². The van der Waals surface area contributed by atoms with E-state index in [0.717, 1.165) is 0 Å². The van der Waals surface area contributed by atoms with Gasteiger partial charge in [-0.25, -0.2) is 0 Å². The Balaban J connectivity index is 2.38. The van der Waals surface area contributed by atoms with Crippen LogP contribution in [0.1, 0.15) is 5.56 Å². The maximum atomic E-state index is 2.32. The topological polar surface area (TPSA) is 4.41 Å². The van der Waals surface area contributed by atoms with Crippen LogP contribution in [0.15, 0.2) is 42.5 Å². The number of hydrogen-bond acceptors (Lipinski definition) is 0. The zero-order valence-electron chi connectivity index (χ0n) is 8.14. The summed E-state index contributed by atoms with van der Waals surface area (Å²) in [4.78, 5) is 0. The fourth-order valence-electron chi connectivity index (χ4n) is 2.46. The van der Waals surface area contributed by atoms with E-state index in [1.807, 2.05) is 0 Å². The molecule has 2 aromatic heterocycles. The summed E-state index contributed by atoms with van der Waals surface area (Å²) < 4.78 is 2.32. The van der Waals surface area contributed by atoms with Crippen LogP contribution in [0.5, 0.6) is 0 Å². The first-order chi connectivity index (χ1) is 7.43. The monoisotopic (exact) mass is 191 g/mol. The van der Waals surface area contributed by atoms with E-state index in [1.54, 1.807) is 0 Å². The molecule has 2 heterocycles. The average Bonchev–Trinajstić information content (AvgIpc) is 2.85. The molecule has 1 aliphatic rings. The van der Waals surface area contributed by atoms with Crippen LogP contribution in [0, 0.1) is 0 Å². The highest BCUT2D eigenvalue weighted by Gasteiger charge is 2.08. The van der Waals surface area contributed by atoms with E-state index >= 15 is 0 Å². The van der Waals surface area contributed by atoms with Crippen LogP contribution in [0.3, 0.4) is 0 Å². The molecule has 0 saturated carbocycles. The SMILES string of the molecule is C1=Cc2cc3cc4ccccc4n3c2=C1. The maximum Gasteiger partial charge on any atom is 0.0535 e. The molecule has 0 aliphatic heterocycles. The molecule has 1 heteroatoms. The maximum absolute atomic E-state index is 2.32. The van der Waals surface area contributed by atoms with E-state index in [1.165, 1.54) is 27.3 Å². The molecule has 0 fully saturated rings. The Bertz CT molecular complexity index is 759. The lowest BCUT2D eigenvalue weighted by Crippen LogP contribution is -2.07. The molecular formula is C14H9N. The number of benzene rings is 1. The summed E-state index contributed by atoms with van der Waals surface area (Å²) in [6.45, 7) is 0. The second kappa shape index (κ2) is 2.31. The van der Waals surface area contributed by atoms with Crippen molar-refractivity contribution in [2.75, 3.05) is 0 Å². The number of aromatic nitrogens is 1. The van der Waals surface area contributed by atoms with E-state index in [9.17, 15) is 0 Å². The first-order valence-corrected chi connectivity index (χ1v) is 5.15. The first kappa shape index (κ1) is 7.30. The number of allylic oxidation sites excluding steroid dienone is 1. The van der Waals surface area contributed by atoms with Gasteiger partial charge in [-0.15, -0.1) is 0 Å². The fraction of sp³-hybridized carbons (Fsp3) is 0. The van der Waals surface area contributed by atoms with Crippen molar-refractivity contribution in [1.29, 1.82) is 0 Å². The van der Waals surface area contributed by atoms with Gasteiger partial charge in [-0.05, 0) is 24.3 Å². The van der Waals surface area contributed by atoms with Crippen LogP contribution in [-0.2, 0) is 0 Å². The molecule has 15 heavy (non-hydrogen) atoms. The third kappa shape index (κ3) is 0.785. The Morgan fingerprint density at radius 1 is 1.00 bits per heavy atom. The number of hydrogen-bond donors (Lipinski definition) is 0. The quantitative estimate of drug-likeness (QED) is 0.514. The average molecular weight is 191 g/mol. The molecule has 70 valence electrons. The third-order valence-corrected chi connectivity index (χ3v) is 3.11. The summed E-state index contributed by atoms with van der Waals surface area (Å²) in [5.74, 6) is 0. The third-order valence-electron chi connectivity index (χ3n) is 3.11. The molecule has 0 unspecified atom stereocenters. The fourth-order valence-corrected chi connectivity index (χ4v) is 2.46. The molecule has 0 atom stereocenters. The molecule has 0 spiro atoms. The lowest BCUT2D eigenvalue weighted by Gasteiger charge is -1.91. The van der Waals surface area contributed by atoms with Gasteiger partial charge in [-0.3, -0.25) is 0 Å².